The van der Waals surface area contributed by atoms with Gasteiger partial charge in [0.05, 0.1) is 16.9 Å². The number of hydrogen-bond acceptors (Lipinski definition) is 5. The van der Waals surface area contributed by atoms with Gasteiger partial charge in [-0.15, -0.1) is 0 Å². The quantitative estimate of drug-likeness (QED) is 0.287. The molecule has 0 unspecified atom stereocenters. The molecule has 0 amide bonds. The lowest BCUT2D eigenvalue weighted by molar-refractivity contribution is 0.112. The van der Waals surface area contributed by atoms with Gasteiger partial charge in [-0.2, -0.15) is 0 Å². The van der Waals surface area contributed by atoms with Gasteiger partial charge >= 0.3 is 0 Å². The average molecular weight is 393 g/mol. The third kappa shape index (κ3) is 3.92. The molecule has 138 valence electrons. The maximum atomic E-state index is 14.2. The second kappa shape index (κ2) is 7.75. The van der Waals surface area contributed by atoms with Gasteiger partial charge in [0.1, 0.15) is 29.1 Å². The maximum Gasteiger partial charge on any atom is 0.189 e. The minimum absolute atomic E-state index is 0.0770. The lowest BCUT2D eigenvalue weighted by Gasteiger charge is -2.14. The van der Waals surface area contributed by atoms with Gasteiger partial charge in [0.2, 0.25) is 0 Å². The molecule has 0 aliphatic rings. The first-order chi connectivity index (χ1) is 12.9. The fourth-order valence-corrected chi connectivity index (χ4v) is 2.72. The molecule has 0 saturated carbocycles. The summed E-state index contributed by atoms with van der Waals surface area (Å²) in [6.45, 7) is 0. The zero-order valence-corrected chi connectivity index (χ0v) is 14.6. The number of rotatable bonds is 5. The lowest BCUT2D eigenvalue weighted by Crippen LogP contribution is -2.06. The second-order valence-corrected chi connectivity index (χ2v) is 6.09. The van der Waals surface area contributed by atoms with Crippen molar-refractivity contribution in [1.29, 1.82) is 0 Å². The molecular weight excluding hydrogens is 382 g/mol. The molecule has 4 nitrogen and oxygen atoms in total. The van der Waals surface area contributed by atoms with Crippen molar-refractivity contribution >= 4 is 29.6 Å². The maximum absolute atomic E-state index is 14.2. The molecule has 0 spiro atoms. The molecule has 0 saturated heterocycles. The third-order valence-corrected chi connectivity index (χ3v) is 4.14. The van der Waals surface area contributed by atoms with Crippen molar-refractivity contribution in [3.8, 4) is 11.3 Å². The molecule has 27 heavy (non-hydrogen) atoms. The first-order valence-electron chi connectivity index (χ1n) is 7.51. The molecule has 3 rings (SSSR count). The molecule has 2 aromatic carbocycles. The minimum Gasteiger partial charge on any atom is -0.337 e. The van der Waals surface area contributed by atoms with Crippen molar-refractivity contribution in [1.82, 2.24) is 9.97 Å². The molecule has 0 bridgehead atoms. The van der Waals surface area contributed by atoms with Crippen LogP contribution < -0.4 is 5.32 Å². The van der Waals surface area contributed by atoms with Crippen molar-refractivity contribution in [3.63, 3.8) is 0 Å². The first kappa shape index (κ1) is 18.8. The molecule has 1 N–H and O–H groups in total. The smallest absolute Gasteiger partial charge is 0.189 e. The summed E-state index contributed by atoms with van der Waals surface area (Å²) in [6, 6.07) is 5.67. The van der Waals surface area contributed by atoms with E-state index >= 15 is 0 Å². The van der Waals surface area contributed by atoms with Crippen LogP contribution in [-0.2, 0) is 0 Å². The van der Waals surface area contributed by atoms with E-state index in [-0.39, 0.29) is 33.5 Å². The zero-order valence-electron chi connectivity index (χ0n) is 13.8. The summed E-state index contributed by atoms with van der Waals surface area (Å²) in [5, 5.41) is 2.77. The normalized spacial score (nSPS) is 10.7. The van der Waals surface area contributed by atoms with E-state index < -0.39 is 23.3 Å². The van der Waals surface area contributed by atoms with Gasteiger partial charge in [0.15, 0.2) is 11.4 Å². The molecule has 9 heteroatoms. The number of benzene rings is 2. The largest absolute Gasteiger partial charge is 0.337 e. The molecule has 3 aromatic rings. The number of halogens is 4. The summed E-state index contributed by atoms with van der Waals surface area (Å²) in [6.07, 6.45) is 2.04. The monoisotopic (exact) mass is 393 g/mol. The number of thioether (sulfide) groups is 1. The van der Waals surface area contributed by atoms with Crippen LogP contribution in [0.1, 0.15) is 10.4 Å². The fourth-order valence-electron chi connectivity index (χ4n) is 2.35. The van der Waals surface area contributed by atoms with E-state index in [4.69, 9.17) is 0 Å². The molecule has 0 atom stereocenters. The summed E-state index contributed by atoms with van der Waals surface area (Å²) in [7, 11) is 0. The highest BCUT2D eigenvalue weighted by Crippen LogP contribution is 2.31. The van der Waals surface area contributed by atoms with Crippen LogP contribution in [0.4, 0.5) is 29.1 Å². The van der Waals surface area contributed by atoms with Crippen molar-refractivity contribution in [2.24, 2.45) is 0 Å². The number of carbonyl (C=O) groups is 1. The Bertz CT molecular complexity index is 1030. The van der Waals surface area contributed by atoms with Crippen LogP contribution >= 0.6 is 11.8 Å². The molecule has 0 aliphatic heterocycles. The molecular formula is C18H11F4N3OS. The van der Waals surface area contributed by atoms with Crippen LogP contribution in [0, 0.1) is 23.3 Å². The lowest BCUT2D eigenvalue weighted by atomic mass is 10.1. The Labute approximate surface area is 155 Å². The van der Waals surface area contributed by atoms with Gasteiger partial charge in [-0.1, -0.05) is 11.8 Å². The van der Waals surface area contributed by atoms with Crippen molar-refractivity contribution in [2.45, 2.75) is 5.16 Å². The van der Waals surface area contributed by atoms with Crippen LogP contribution in [0.3, 0.4) is 0 Å². The van der Waals surface area contributed by atoms with Gasteiger partial charge < -0.3 is 5.32 Å². The van der Waals surface area contributed by atoms with E-state index in [1.807, 2.05) is 0 Å². The second-order valence-electron chi connectivity index (χ2n) is 5.31. The first-order valence-corrected chi connectivity index (χ1v) is 8.74. The summed E-state index contributed by atoms with van der Waals surface area (Å²) in [5.74, 6) is -3.45. The van der Waals surface area contributed by atoms with Crippen molar-refractivity contribution in [3.05, 3.63) is 65.2 Å². The third-order valence-electron chi connectivity index (χ3n) is 3.60. The Morgan fingerprint density at radius 2 is 1.63 bits per heavy atom. The highest BCUT2D eigenvalue weighted by atomic mass is 32.2. The van der Waals surface area contributed by atoms with Crippen LogP contribution in [0.5, 0.6) is 0 Å². The summed E-state index contributed by atoms with van der Waals surface area (Å²) in [4.78, 5) is 19.9. The Kier molecular flexibility index (Phi) is 5.41. The summed E-state index contributed by atoms with van der Waals surface area (Å²) in [5.41, 5.74) is -0.469. The van der Waals surface area contributed by atoms with E-state index in [1.54, 1.807) is 6.26 Å². The van der Waals surface area contributed by atoms with Gasteiger partial charge in [-0.05, 0) is 30.5 Å². The average Bonchev–Trinajstić information content (AvgIpc) is 2.63. The minimum atomic E-state index is -0.914. The number of hydrogen-bond donors (Lipinski definition) is 1. The number of carbonyl (C=O) groups excluding carboxylic acids is 1. The SMILES string of the molecule is CSc1nc(Nc2ccc(F)cc2F)c(C=O)c(-c2ccc(F)cc2F)n1. The van der Waals surface area contributed by atoms with Crippen LogP contribution in [0.2, 0.25) is 0 Å². The molecule has 0 fully saturated rings. The molecule has 0 radical (unpaired) electrons. The number of aromatic nitrogens is 2. The van der Waals surface area contributed by atoms with Crippen molar-refractivity contribution in [2.75, 3.05) is 11.6 Å². The summed E-state index contributed by atoms with van der Waals surface area (Å²) >= 11 is 1.11. The topological polar surface area (TPSA) is 54.9 Å². The molecule has 1 heterocycles. The predicted molar refractivity (Wildman–Crippen MR) is 94.2 cm³/mol. The Morgan fingerprint density at radius 1 is 0.963 bits per heavy atom. The fraction of sp³-hybridized carbons (Fsp3) is 0.0556. The zero-order chi connectivity index (χ0) is 19.6. The van der Waals surface area contributed by atoms with Crippen molar-refractivity contribution < 1.29 is 22.4 Å². The standard InChI is InChI=1S/C18H11F4N3OS/c1-27-18-24-16(11-4-2-9(19)6-13(11)21)12(8-26)17(25-18)23-15-5-3-10(20)7-14(15)22/h2-8H,1H3,(H,23,24,25). The highest BCUT2D eigenvalue weighted by Gasteiger charge is 2.19. The van der Waals surface area contributed by atoms with Gasteiger partial charge in [-0.3, -0.25) is 4.79 Å². The van der Waals surface area contributed by atoms with E-state index in [0.29, 0.717) is 18.4 Å². The van der Waals surface area contributed by atoms with E-state index in [1.165, 1.54) is 0 Å². The predicted octanol–water partition coefficient (Wildman–Crippen LogP) is 4.98. The molecule has 1 aromatic heterocycles. The van der Waals surface area contributed by atoms with E-state index in [0.717, 1.165) is 36.0 Å². The van der Waals surface area contributed by atoms with Gasteiger partial charge in [0, 0.05) is 17.7 Å². The number of nitrogens with one attached hydrogen (secondary N) is 1. The Balaban J connectivity index is 2.18. The van der Waals surface area contributed by atoms with Crippen LogP contribution in [0.15, 0.2) is 41.6 Å². The number of aldehydes is 1. The van der Waals surface area contributed by atoms with Gasteiger partial charge in [-0.25, -0.2) is 27.5 Å². The number of anilines is 2. The Hall–Kier alpha value is -2.94. The van der Waals surface area contributed by atoms with E-state index in [2.05, 4.69) is 15.3 Å². The van der Waals surface area contributed by atoms with E-state index in [9.17, 15) is 22.4 Å². The van der Waals surface area contributed by atoms with Crippen LogP contribution in [0.25, 0.3) is 11.3 Å². The summed E-state index contributed by atoms with van der Waals surface area (Å²) < 4.78 is 54.4. The van der Waals surface area contributed by atoms with Crippen LogP contribution in [-0.4, -0.2) is 22.5 Å². The number of nitrogens with zero attached hydrogens (tertiary/aromatic N) is 2. The van der Waals surface area contributed by atoms with Gasteiger partial charge in [0.25, 0.3) is 0 Å². The molecule has 0 aliphatic carbocycles. The highest BCUT2D eigenvalue weighted by molar-refractivity contribution is 7.98. The Morgan fingerprint density at radius 3 is 2.22 bits per heavy atom.